The molecular weight excluding hydrogens is 384 g/mol. The molecule has 0 bridgehead atoms. The van der Waals surface area contributed by atoms with Gasteiger partial charge in [-0.1, -0.05) is 44.2 Å². The van der Waals surface area contributed by atoms with Gasteiger partial charge in [-0.15, -0.1) is 0 Å². The Kier molecular flexibility index (Phi) is 9.07. The maximum Gasteiger partial charge on any atom is 0.242 e. The number of nitrogens with two attached hydrogens (primary N) is 2. The van der Waals surface area contributed by atoms with Gasteiger partial charge >= 0.3 is 0 Å². The van der Waals surface area contributed by atoms with Crippen LogP contribution in [0.25, 0.3) is 0 Å². The van der Waals surface area contributed by atoms with Gasteiger partial charge in [0.25, 0.3) is 0 Å². The number of nitrogens with one attached hydrogen (secondary N) is 3. The van der Waals surface area contributed by atoms with Crippen molar-refractivity contribution in [3.63, 3.8) is 0 Å². The van der Waals surface area contributed by atoms with E-state index in [-0.39, 0.29) is 30.4 Å². The second-order valence-corrected chi connectivity index (χ2v) is 8.10. The second kappa shape index (κ2) is 11.5. The highest BCUT2D eigenvalue weighted by Gasteiger charge is 2.31. The van der Waals surface area contributed by atoms with Crippen LogP contribution in [0.5, 0.6) is 0 Å². The Bertz CT molecular complexity index is 725. The number of amides is 2. The molecule has 0 radical (unpaired) electrons. The van der Waals surface area contributed by atoms with E-state index >= 15 is 0 Å². The zero-order chi connectivity index (χ0) is 22.1. The highest BCUT2D eigenvalue weighted by molar-refractivity contribution is 5.90. The number of hydrogen-bond donors (Lipinski definition) is 6. The Balaban J connectivity index is 1.99. The van der Waals surface area contributed by atoms with Gasteiger partial charge in [-0.2, -0.15) is 0 Å². The lowest BCUT2D eigenvalue weighted by molar-refractivity contribution is -0.130. The Hall–Kier alpha value is -2.65. The summed E-state index contributed by atoms with van der Waals surface area (Å²) < 4.78 is 0. The van der Waals surface area contributed by atoms with Crippen LogP contribution in [0.2, 0.25) is 0 Å². The van der Waals surface area contributed by atoms with Gasteiger partial charge in [-0.25, -0.2) is 0 Å². The van der Waals surface area contributed by atoms with Crippen molar-refractivity contribution in [2.45, 2.75) is 57.3 Å². The van der Waals surface area contributed by atoms with Crippen LogP contribution < -0.4 is 27.4 Å². The maximum absolute atomic E-state index is 12.9. The van der Waals surface area contributed by atoms with Crippen molar-refractivity contribution in [1.29, 1.82) is 0 Å². The summed E-state index contributed by atoms with van der Waals surface area (Å²) in [6.45, 7) is 4.24. The van der Waals surface area contributed by atoms with Crippen molar-refractivity contribution < 1.29 is 14.7 Å². The largest absolute Gasteiger partial charge is 0.394 e. The van der Waals surface area contributed by atoms with Gasteiger partial charge in [-0.3, -0.25) is 14.6 Å². The van der Waals surface area contributed by atoms with E-state index in [1.54, 1.807) is 0 Å². The highest BCUT2D eigenvalue weighted by atomic mass is 16.3. The van der Waals surface area contributed by atoms with Crippen molar-refractivity contribution in [1.82, 2.24) is 16.0 Å². The number of carbonyl (C=O) groups excluding carboxylic acids is 2. The van der Waals surface area contributed by atoms with Gasteiger partial charge in [0.2, 0.25) is 11.8 Å². The number of benzene rings is 1. The number of nitrogens with zero attached hydrogens (tertiary/aromatic N) is 1. The molecule has 0 aliphatic carbocycles. The third kappa shape index (κ3) is 7.31. The fourth-order valence-electron chi connectivity index (χ4n) is 3.42. The number of rotatable bonds is 10. The molecule has 0 saturated carbocycles. The van der Waals surface area contributed by atoms with Crippen LogP contribution >= 0.6 is 0 Å². The summed E-state index contributed by atoms with van der Waals surface area (Å²) >= 11 is 0. The minimum atomic E-state index is -0.862. The summed E-state index contributed by atoms with van der Waals surface area (Å²) in [5, 5.41) is 18.3. The van der Waals surface area contributed by atoms with E-state index in [1.165, 1.54) is 0 Å². The van der Waals surface area contributed by atoms with Crippen LogP contribution in [0.3, 0.4) is 0 Å². The summed E-state index contributed by atoms with van der Waals surface area (Å²) in [6, 6.07) is 7.21. The molecule has 2 amide bonds. The SMILES string of the molecule is CC(C)C[C@H](NC(=O)[C@@H](N)[C@H]1CCN=C(N)N1)C(=O)N[C@H](CO)Cc1ccccc1. The fourth-order valence-corrected chi connectivity index (χ4v) is 3.42. The van der Waals surface area contributed by atoms with Crippen molar-refractivity contribution in [2.75, 3.05) is 13.2 Å². The molecule has 4 atom stereocenters. The molecule has 30 heavy (non-hydrogen) atoms. The molecule has 1 aromatic carbocycles. The maximum atomic E-state index is 12.9. The van der Waals surface area contributed by atoms with Crippen molar-refractivity contribution in [3.05, 3.63) is 35.9 Å². The Morgan fingerprint density at radius 2 is 1.93 bits per heavy atom. The summed E-state index contributed by atoms with van der Waals surface area (Å²) in [7, 11) is 0. The van der Waals surface area contributed by atoms with Crippen molar-refractivity contribution in [3.8, 4) is 0 Å². The molecular formula is C21H34N6O3. The van der Waals surface area contributed by atoms with Gasteiger partial charge in [-0.05, 0) is 30.7 Å². The summed E-state index contributed by atoms with van der Waals surface area (Å²) in [6.07, 6.45) is 1.53. The fraction of sp³-hybridized carbons (Fsp3) is 0.571. The van der Waals surface area contributed by atoms with Crippen LogP contribution in [-0.4, -0.2) is 60.2 Å². The first kappa shape index (κ1) is 23.6. The average Bonchev–Trinajstić information content (AvgIpc) is 2.72. The van der Waals surface area contributed by atoms with Crippen LogP contribution in [0.4, 0.5) is 0 Å². The van der Waals surface area contributed by atoms with Crippen molar-refractivity contribution >= 4 is 17.8 Å². The number of guanidine groups is 1. The van der Waals surface area contributed by atoms with Gasteiger partial charge in [0.15, 0.2) is 5.96 Å². The highest BCUT2D eigenvalue weighted by Crippen LogP contribution is 2.09. The summed E-state index contributed by atoms with van der Waals surface area (Å²) in [5.74, 6) is -0.323. The molecule has 9 nitrogen and oxygen atoms in total. The third-order valence-corrected chi connectivity index (χ3v) is 5.02. The van der Waals surface area contributed by atoms with E-state index in [9.17, 15) is 14.7 Å². The van der Waals surface area contributed by atoms with Crippen LogP contribution in [0, 0.1) is 5.92 Å². The van der Waals surface area contributed by atoms with Gasteiger partial charge in [0, 0.05) is 6.54 Å². The average molecular weight is 419 g/mol. The number of aliphatic hydroxyl groups is 1. The first-order chi connectivity index (χ1) is 14.3. The first-order valence-electron chi connectivity index (χ1n) is 10.4. The van der Waals surface area contributed by atoms with Gasteiger partial charge in [0.05, 0.1) is 18.7 Å². The van der Waals surface area contributed by atoms with Crippen LogP contribution in [0.1, 0.15) is 32.3 Å². The molecule has 1 aliphatic rings. The minimum Gasteiger partial charge on any atom is -0.394 e. The van der Waals surface area contributed by atoms with E-state index in [0.717, 1.165) is 5.56 Å². The molecule has 166 valence electrons. The standard InChI is InChI=1S/C21H34N6O3/c1-13(2)10-17(26-20(30)18(22)16-8-9-24-21(23)27-16)19(29)25-15(12-28)11-14-6-4-3-5-7-14/h3-7,13,15-18,28H,8-12,22H2,1-2H3,(H,25,29)(H,26,30)(H3,23,24,27)/t15-,16+,17-,18-/m0/s1. The quantitative estimate of drug-likeness (QED) is 0.293. The summed E-state index contributed by atoms with van der Waals surface area (Å²) in [5.41, 5.74) is 12.8. The molecule has 8 N–H and O–H groups in total. The van der Waals surface area contributed by atoms with Gasteiger partial charge in [0.1, 0.15) is 12.1 Å². The lowest BCUT2D eigenvalue weighted by Crippen LogP contribution is -2.61. The van der Waals surface area contributed by atoms with E-state index < -0.39 is 24.0 Å². The van der Waals surface area contributed by atoms with Gasteiger partial charge < -0.3 is 32.5 Å². The van der Waals surface area contributed by atoms with E-state index in [0.29, 0.717) is 25.8 Å². The topological polar surface area (TPSA) is 155 Å². The molecule has 0 unspecified atom stereocenters. The smallest absolute Gasteiger partial charge is 0.242 e. The molecule has 0 spiro atoms. The predicted molar refractivity (Wildman–Crippen MR) is 117 cm³/mol. The first-order valence-corrected chi connectivity index (χ1v) is 10.4. The number of hydrogen-bond acceptors (Lipinski definition) is 7. The zero-order valence-corrected chi connectivity index (χ0v) is 17.7. The Morgan fingerprint density at radius 1 is 1.23 bits per heavy atom. The lowest BCUT2D eigenvalue weighted by atomic mass is 9.99. The third-order valence-electron chi connectivity index (χ3n) is 5.02. The molecule has 2 rings (SSSR count). The summed E-state index contributed by atoms with van der Waals surface area (Å²) in [4.78, 5) is 29.6. The zero-order valence-electron chi connectivity index (χ0n) is 17.7. The molecule has 0 aromatic heterocycles. The number of aliphatic hydroxyl groups excluding tert-OH is 1. The number of aliphatic imine (C=N–C) groups is 1. The van der Waals surface area contributed by atoms with E-state index in [2.05, 4.69) is 20.9 Å². The lowest BCUT2D eigenvalue weighted by Gasteiger charge is -2.29. The molecule has 0 saturated heterocycles. The Labute approximate surface area is 177 Å². The molecule has 0 fully saturated rings. The predicted octanol–water partition coefficient (Wildman–Crippen LogP) is -0.759. The molecule has 1 aromatic rings. The second-order valence-electron chi connectivity index (χ2n) is 8.10. The molecule has 1 aliphatic heterocycles. The normalized spacial score (nSPS) is 19.2. The number of carbonyl (C=O) groups is 2. The molecule has 9 heteroatoms. The van der Waals surface area contributed by atoms with Crippen molar-refractivity contribution in [2.24, 2.45) is 22.4 Å². The van der Waals surface area contributed by atoms with Crippen LogP contribution in [-0.2, 0) is 16.0 Å². The van der Waals surface area contributed by atoms with E-state index in [4.69, 9.17) is 11.5 Å². The van der Waals surface area contributed by atoms with Crippen LogP contribution in [0.15, 0.2) is 35.3 Å². The van der Waals surface area contributed by atoms with E-state index in [1.807, 2.05) is 44.2 Å². The monoisotopic (exact) mass is 418 g/mol. The minimum absolute atomic E-state index is 0.176. The molecule has 1 heterocycles. The Morgan fingerprint density at radius 3 is 2.53 bits per heavy atom.